The quantitative estimate of drug-likeness (QED) is 0.305. The molecule has 0 radical (unpaired) electrons. The van der Waals surface area contributed by atoms with Crippen LogP contribution >= 0.6 is 0 Å². The van der Waals surface area contributed by atoms with E-state index < -0.39 is 0 Å². The predicted molar refractivity (Wildman–Crippen MR) is 158 cm³/mol. The maximum atomic E-state index is 10.3. The van der Waals surface area contributed by atoms with Crippen LogP contribution in [0, 0.1) is 5.92 Å². The summed E-state index contributed by atoms with van der Waals surface area (Å²) in [6, 6.07) is 0. The Morgan fingerprint density at radius 1 is 1.17 bits per heavy atom. The molecule has 0 bridgehead atoms. The van der Waals surface area contributed by atoms with E-state index in [1.807, 2.05) is 60.7 Å². The van der Waals surface area contributed by atoms with Crippen LogP contribution in [-0.2, 0) is 11.3 Å². The van der Waals surface area contributed by atoms with Gasteiger partial charge < -0.3 is 19.3 Å². The topological polar surface area (TPSA) is 50.0 Å². The van der Waals surface area contributed by atoms with E-state index in [9.17, 15) is 5.11 Å². The first-order valence-electron chi connectivity index (χ1n) is 13.8. The third kappa shape index (κ3) is 8.55. The van der Waals surface area contributed by atoms with Gasteiger partial charge in [-0.15, -0.1) is 0 Å². The van der Waals surface area contributed by atoms with Gasteiger partial charge in [0.25, 0.3) is 0 Å². The summed E-state index contributed by atoms with van der Waals surface area (Å²) in [5.41, 5.74) is 5.99. The molecular weight excluding hydrogens is 446 g/mol. The second-order valence-corrected chi connectivity index (χ2v) is 9.39. The summed E-state index contributed by atoms with van der Waals surface area (Å²) in [6.07, 6.45) is 13.3. The highest BCUT2D eigenvalue weighted by atomic mass is 16.5. The van der Waals surface area contributed by atoms with Crippen molar-refractivity contribution in [2.75, 3.05) is 11.9 Å². The molecule has 36 heavy (non-hydrogen) atoms. The van der Waals surface area contributed by atoms with Gasteiger partial charge >= 0.3 is 0 Å². The number of aliphatic hydroxyl groups excluding tert-OH is 1. The fraction of sp³-hybridized carbons (Fsp3) is 0.581. The average molecular weight is 498 g/mol. The number of aliphatic hydroxyl groups is 1. The maximum absolute atomic E-state index is 10.3. The van der Waals surface area contributed by atoms with Gasteiger partial charge in [0, 0.05) is 42.8 Å². The minimum Gasteiger partial charge on any atom is -0.474 e. The zero-order valence-corrected chi connectivity index (χ0v) is 24.4. The van der Waals surface area contributed by atoms with Crippen LogP contribution in [0.3, 0.4) is 0 Å². The number of nitrogens with zero attached hydrogens (tertiary/aromatic N) is 3. The third-order valence-corrected chi connectivity index (χ3v) is 6.49. The number of hydrogen-bond acceptors (Lipinski definition) is 4. The first-order valence-corrected chi connectivity index (χ1v) is 13.8. The van der Waals surface area contributed by atoms with Gasteiger partial charge in [0.2, 0.25) is 5.90 Å². The Balaban J connectivity index is 0.00000154. The molecule has 1 aromatic rings. The number of aliphatic imine (C=N–C) groups is 1. The molecule has 1 N–H and O–H groups in total. The Labute approximate surface area is 221 Å². The fourth-order valence-electron chi connectivity index (χ4n) is 4.38. The van der Waals surface area contributed by atoms with Crippen molar-refractivity contribution in [3.8, 4) is 0 Å². The Hall–Kier alpha value is -2.53. The highest BCUT2D eigenvalue weighted by Gasteiger charge is 2.24. The molecule has 202 valence electrons. The van der Waals surface area contributed by atoms with Gasteiger partial charge in [0.05, 0.1) is 17.5 Å². The molecule has 5 heteroatoms. The Kier molecular flexibility index (Phi) is 13.6. The van der Waals surface area contributed by atoms with Crippen LogP contribution in [0.15, 0.2) is 47.9 Å². The van der Waals surface area contributed by atoms with Crippen LogP contribution in [0.2, 0.25) is 0 Å². The number of likely N-dealkylation sites (N-methyl/N-ethyl adjacent to an activating group) is 1. The first kappa shape index (κ1) is 31.5. The number of hydrogen-bond donors (Lipinski definition) is 1. The Morgan fingerprint density at radius 3 is 2.33 bits per heavy atom. The molecule has 1 aliphatic carbocycles. The number of anilines is 1. The molecule has 0 spiro atoms. The molecule has 1 fully saturated rings. The Morgan fingerprint density at radius 2 is 1.78 bits per heavy atom. The van der Waals surface area contributed by atoms with Crippen molar-refractivity contribution in [1.82, 2.24) is 4.57 Å². The molecule has 1 unspecified atom stereocenters. The lowest BCUT2D eigenvalue weighted by Gasteiger charge is -2.27. The number of aromatic nitrogens is 1. The van der Waals surface area contributed by atoms with Gasteiger partial charge in [0.15, 0.2) is 0 Å². The monoisotopic (exact) mass is 497 g/mol. The summed E-state index contributed by atoms with van der Waals surface area (Å²) in [6.45, 7) is 25.0. The highest BCUT2D eigenvalue weighted by molar-refractivity contribution is 5.98. The summed E-state index contributed by atoms with van der Waals surface area (Å²) in [5.74, 6) is 1.40. The fourth-order valence-corrected chi connectivity index (χ4v) is 4.38. The molecule has 1 aliphatic heterocycles. The molecular formula is C31H51N3O2. The molecule has 0 aromatic carbocycles. The Bertz CT molecular complexity index is 943. The summed E-state index contributed by atoms with van der Waals surface area (Å²) in [5, 5.41) is 10.3. The van der Waals surface area contributed by atoms with Crippen molar-refractivity contribution in [2.45, 2.75) is 106 Å². The van der Waals surface area contributed by atoms with Crippen molar-refractivity contribution < 1.29 is 9.84 Å². The number of ether oxygens (including phenoxy) is 1. The molecule has 1 aromatic heterocycles. The molecule has 1 saturated carbocycles. The van der Waals surface area contributed by atoms with E-state index in [1.165, 1.54) is 12.8 Å². The summed E-state index contributed by atoms with van der Waals surface area (Å²) < 4.78 is 8.48. The van der Waals surface area contributed by atoms with Gasteiger partial charge in [-0.05, 0) is 69.6 Å². The number of rotatable bonds is 7. The van der Waals surface area contributed by atoms with Crippen LogP contribution in [0.5, 0.6) is 0 Å². The van der Waals surface area contributed by atoms with Gasteiger partial charge in [0.1, 0.15) is 6.10 Å². The molecule has 5 nitrogen and oxygen atoms in total. The predicted octanol–water partition coefficient (Wildman–Crippen LogP) is 8.22. The second-order valence-electron chi connectivity index (χ2n) is 9.39. The lowest BCUT2D eigenvalue weighted by molar-refractivity contribution is 0.126. The van der Waals surface area contributed by atoms with E-state index in [1.54, 1.807) is 0 Å². The van der Waals surface area contributed by atoms with Crippen molar-refractivity contribution >= 4 is 23.2 Å². The zero-order valence-electron chi connectivity index (χ0n) is 24.4. The van der Waals surface area contributed by atoms with Crippen LogP contribution in [0.4, 0.5) is 5.69 Å². The maximum Gasteiger partial charge on any atom is 0.213 e. The van der Waals surface area contributed by atoms with E-state index in [0.717, 1.165) is 52.7 Å². The molecule has 1 atom stereocenters. The highest BCUT2D eigenvalue weighted by Crippen LogP contribution is 2.38. The van der Waals surface area contributed by atoms with Crippen molar-refractivity contribution in [1.29, 1.82) is 0 Å². The van der Waals surface area contributed by atoms with E-state index in [4.69, 9.17) is 4.74 Å². The summed E-state index contributed by atoms with van der Waals surface area (Å²) in [4.78, 5) is 6.71. The van der Waals surface area contributed by atoms with Crippen molar-refractivity contribution in [2.24, 2.45) is 10.9 Å². The van der Waals surface area contributed by atoms with E-state index in [0.29, 0.717) is 18.9 Å². The van der Waals surface area contributed by atoms with E-state index in [2.05, 4.69) is 53.7 Å². The van der Waals surface area contributed by atoms with E-state index in [-0.39, 0.29) is 12.2 Å². The van der Waals surface area contributed by atoms with Gasteiger partial charge in [-0.25, -0.2) is 4.99 Å². The average Bonchev–Trinajstić information content (AvgIpc) is 3.23. The van der Waals surface area contributed by atoms with Crippen molar-refractivity contribution in [3.05, 3.63) is 54.2 Å². The zero-order chi connectivity index (χ0) is 27.4. The molecule has 2 aliphatic rings. The van der Waals surface area contributed by atoms with Gasteiger partial charge in [-0.2, -0.15) is 0 Å². The SMILES string of the molecule is C=C(C)N=C(/C=C(\C)c1cn(CC(O)CC)c2c1N(C)C(=C)C=C2)OC1CCC(C)CC1.CC.CC. The largest absolute Gasteiger partial charge is 0.474 e. The minimum absolute atomic E-state index is 0.206. The normalized spacial score (nSPS) is 20.5. The third-order valence-electron chi connectivity index (χ3n) is 6.49. The lowest BCUT2D eigenvalue weighted by Crippen LogP contribution is -2.23. The van der Waals surface area contributed by atoms with E-state index >= 15 is 0 Å². The summed E-state index contributed by atoms with van der Waals surface area (Å²) >= 11 is 0. The standard InChI is InChI=1S/C27H39N3O2.2C2H6/c1-8-22(31)16-30-17-24(27-25(30)14-11-21(6)29(27)7)20(5)15-26(28-18(2)3)32-23-12-9-19(4)10-13-23;2*1-2/h11,14-15,17,19,22-23,31H,2,6,8-10,12-13,16H2,1,3-5,7H3;2*1-2H3/b20-15+,28-26?;;. The molecule has 2 heterocycles. The van der Waals surface area contributed by atoms with Crippen LogP contribution in [0.25, 0.3) is 11.6 Å². The van der Waals surface area contributed by atoms with Gasteiger partial charge in [-0.3, -0.25) is 0 Å². The van der Waals surface area contributed by atoms with Crippen LogP contribution in [0.1, 0.15) is 98.8 Å². The van der Waals surface area contributed by atoms with Crippen molar-refractivity contribution in [3.63, 3.8) is 0 Å². The van der Waals surface area contributed by atoms with Crippen LogP contribution < -0.4 is 4.90 Å². The minimum atomic E-state index is -0.384. The number of fused-ring (bicyclic) bond motifs is 1. The second kappa shape index (κ2) is 15.6. The number of allylic oxidation sites excluding steroid dienone is 3. The lowest BCUT2D eigenvalue weighted by atomic mass is 9.89. The molecule has 0 amide bonds. The smallest absolute Gasteiger partial charge is 0.213 e. The first-order chi connectivity index (χ1) is 17.2. The van der Waals surface area contributed by atoms with Crippen LogP contribution in [-0.4, -0.2) is 34.8 Å². The molecule has 0 saturated heterocycles. The summed E-state index contributed by atoms with van der Waals surface area (Å²) in [7, 11) is 2.03. The van der Waals surface area contributed by atoms with Gasteiger partial charge in [-0.1, -0.05) is 54.7 Å². The molecule has 3 rings (SSSR count).